The molecule has 0 N–H and O–H groups in total. The van der Waals surface area contributed by atoms with Crippen LogP contribution in [-0.4, -0.2) is 47.8 Å². The quantitative estimate of drug-likeness (QED) is 0.431. The molecule has 3 heterocycles. The molecule has 6 nitrogen and oxygen atoms in total. The SMILES string of the molecule is C[C@@H]1CCC[C@@H](C)N1C(=O)CSc1nnc2n(Cc3ccccc3)c3ccccc3n12. The topological polar surface area (TPSA) is 55.4 Å². The van der Waals surface area contributed by atoms with Crippen molar-refractivity contribution in [1.29, 1.82) is 0 Å². The van der Waals surface area contributed by atoms with Crippen molar-refractivity contribution in [2.24, 2.45) is 0 Å². The van der Waals surface area contributed by atoms with Gasteiger partial charge < -0.3 is 9.47 Å². The second kappa shape index (κ2) is 8.38. The van der Waals surface area contributed by atoms with Gasteiger partial charge in [0.25, 0.3) is 0 Å². The summed E-state index contributed by atoms with van der Waals surface area (Å²) in [5.41, 5.74) is 3.39. The van der Waals surface area contributed by atoms with Gasteiger partial charge in [0.15, 0.2) is 5.16 Å². The van der Waals surface area contributed by atoms with Crippen molar-refractivity contribution in [1.82, 2.24) is 24.1 Å². The number of hydrogen-bond acceptors (Lipinski definition) is 4. The van der Waals surface area contributed by atoms with Crippen LogP contribution in [0.5, 0.6) is 0 Å². The molecule has 2 aromatic heterocycles. The number of aromatic nitrogens is 4. The molecule has 0 unspecified atom stereocenters. The Hall–Kier alpha value is -2.80. The Bertz CT molecular complexity index is 1200. The van der Waals surface area contributed by atoms with Crippen LogP contribution in [-0.2, 0) is 11.3 Å². The molecule has 1 saturated heterocycles. The summed E-state index contributed by atoms with van der Waals surface area (Å²) in [4.78, 5) is 15.1. The number of imidazole rings is 1. The number of carbonyl (C=O) groups is 1. The van der Waals surface area contributed by atoms with Crippen molar-refractivity contribution < 1.29 is 4.79 Å². The van der Waals surface area contributed by atoms with E-state index in [1.54, 1.807) is 0 Å². The molecule has 160 valence electrons. The van der Waals surface area contributed by atoms with Crippen molar-refractivity contribution in [3.05, 3.63) is 60.2 Å². The normalized spacial score (nSPS) is 19.4. The van der Waals surface area contributed by atoms with E-state index in [0.717, 1.165) is 41.4 Å². The lowest BCUT2D eigenvalue weighted by atomic mass is 9.98. The van der Waals surface area contributed by atoms with Crippen molar-refractivity contribution in [2.45, 2.75) is 56.9 Å². The van der Waals surface area contributed by atoms with Gasteiger partial charge in [-0.25, -0.2) is 0 Å². The number of nitrogens with zero attached hydrogens (tertiary/aromatic N) is 5. The number of para-hydroxylation sites is 2. The molecule has 31 heavy (non-hydrogen) atoms. The molecule has 0 saturated carbocycles. The summed E-state index contributed by atoms with van der Waals surface area (Å²) in [6.45, 7) is 5.04. The molecule has 0 aliphatic carbocycles. The summed E-state index contributed by atoms with van der Waals surface area (Å²) in [6, 6.07) is 19.3. The van der Waals surface area contributed by atoms with E-state index in [-0.39, 0.29) is 5.91 Å². The Labute approximate surface area is 186 Å². The third kappa shape index (κ3) is 3.71. The highest BCUT2D eigenvalue weighted by Crippen LogP contribution is 2.28. The molecule has 7 heteroatoms. The van der Waals surface area contributed by atoms with Crippen molar-refractivity contribution in [3.63, 3.8) is 0 Å². The molecule has 4 aromatic rings. The molecular weight excluding hydrogens is 406 g/mol. The van der Waals surface area contributed by atoms with E-state index in [1.807, 2.05) is 18.2 Å². The first-order valence-corrected chi connectivity index (χ1v) is 11.9. The fraction of sp³-hybridized carbons (Fsp3) is 0.375. The van der Waals surface area contributed by atoms with E-state index in [1.165, 1.54) is 23.7 Å². The third-order valence-corrected chi connectivity index (χ3v) is 7.17. The van der Waals surface area contributed by atoms with Crippen LogP contribution < -0.4 is 0 Å². The van der Waals surface area contributed by atoms with E-state index in [9.17, 15) is 4.79 Å². The summed E-state index contributed by atoms with van der Waals surface area (Å²) < 4.78 is 4.28. The smallest absolute Gasteiger partial charge is 0.237 e. The minimum atomic E-state index is 0.189. The minimum Gasteiger partial charge on any atom is -0.337 e. The van der Waals surface area contributed by atoms with E-state index in [4.69, 9.17) is 0 Å². The van der Waals surface area contributed by atoms with Gasteiger partial charge in [0, 0.05) is 12.1 Å². The van der Waals surface area contributed by atoms with E-state index in [2.05, 4.69) is 74.3 Å². The molecule has 0 bridgehead atoms. The molecule has 1 aliphatic rings. The lowest BCUT2D eigenvalue weighted by Gasteiger charge is -2.39. The van der Waals surface area contributed by atoms with Crippen LogP contribution in [0.1, 0.15) is 38.7 Å². The number of rotatable bonds is 5. The Kier molecular flexibility index (Phi) is 5.44. The van der Waals surface area contributed by atoms with Crippen LogP contribution in [0.25, 0.3) is 16.8 Å². The molecule has 5 rings (SSSR count). The highest BCUT2D eigenvalue weighted by atomic mass is 32.2. The van der Waals surface area contributed by atoms with Gasteiger partial charge in [0.05, 0.1) is 23.3 Å². The van der Waals surface area contributed by atoms with Gasteiger partial charge in [-0.15, -0.1) is 10.2 Å². The molecule has 0 spiro atoms. The Morgan fingerprint density at radius 3 is 2.39 bits per heavy atom. The number of likely N-dealkylation sites (tertiary alicyclic amines) is 1. The van der Waals surface area contributed by atoms with Crippen LogP contribution in [0, 0.1) is 0 Å². The lowest BCUT2D eigenvalue weighted by molar-refractivity contribution is -0.134. The molecule has 0 radical (unpaired) electrons. The van der Waals surface area contributed by atoms with Gasteiger partial charge in [-0.3, -0.25) is 9.20 Å². The predicted octanol–water partition coefficient (Wildman–Crippen LogP) is 4.61. The van der Waals surface area contributed by atoms with Crippen LogP contribution in [0.15, 0.2) is 59.8 Å². The predicted molar refractivity (Wildman–Crippen MR) is 124 cm³/mol. The average molecular weight is 434 g/mol. The third-order valence-electron chi connectivity index (χ3n) is 6.26. The van der Waals surface area contributed by atoms with Gasteiger partial charge in [-0.05, 0) is 50.8 Å². The minimum absolute atomic E-state index is 0.189. The summed E-state index contributed by atoms with van der Waals surface area (Å²) >= 11 is 1.48. The molecule has 1 fully saturated rings. The first-order chi connectivity index (χ1) is 15.1. The Morgan fingerprint density at radius 1 is 0.968 bits per heavy atom. The number of benzene rings is 2. The molecular formula is C24H27N5OS. The maximum absolute atomic E-state index is 13.0. The van der Waals surface area contributed by atoms with Crippen LogP contribution in [0.4, 0.5) is 0 Å². The number of amides is 1. The zero-order valence-electron chi connectivity index (χ0n) is 17.9. The van der Waals surface area contributed by atoms with Gasteiger partial charge in [-0.2, -0.15) is 0 Å². The zero-order valence-corrected chi connectivity index (χ0v) is 18.8. The summed E-state index contributed by atoms with van der Waals surface area (Å²) in [7, 11) is 0. The van der Waals surface area contributed by atoms with Gasteiger partial charge in [0.2, 0.25) is 11.7 Å². The molecule has 2 aromatic carbocycles. The van der Waals surface area contributed by atoms with Crippen molar-refractivity contribution in [2.75, 3.05) is 5.75 Å². The van der Waals surface area contributed by atoms with Crippen LogP contribution >= 0.6 is 11.8 Å². The van der Waals surface area contributed by atoms with Crippen molar-refractivity contribution >= 4 is 34.5 Å². The average Bonchev–Trinajstić information content (AvgIpc) is 3.32. The number of hydrogen-bond donors (Lipinski definition) is 0. The fourth-order valence-electron chi connectivity index (χ4n) is 4.77. The van der Waals surface area contributed by atoms with Crippen LogP contribution in [0.3, 0.4) is 0 Å². The van der Waals surface area contributed by atoms with Gasteiger partial charge in [0.1, 0.15) is 0 Å². The standard InChI is InChI=1S/C24H27N5OS/c1-17-9-8-10-18(2)28(17)22(30)16-31-24-26-25-23-27(15-19-11-4-3-5-12-19)20-13-6-7-14-21(20)29(23)24/h3-7,11-14,17-18H,8-10,15-16H2,1-2H3/t17-,18-/m1/s1. The lowest BCUT2D eigenvalue weighted by Crippen LogP contribution is -2.48. The Morgan fingerprint density at radius 2 is 1.65 bits per heavy atom. The second-order valence-electron chi connectivity index (χ2n) is 8.40. The maximum atomic E-state index is 13.0. The maximum Gasteiger partial charge on any atom is 0.237 e. The monoisotopic (exact) mass is 433 g/mol. The van der Waals surface area contributed by atoms with Gasteiger partial charge >= 0.3 is 0 Å². The number of fused-ring (bicyclic) bond motifs is 3. The van der Waals surface area contributed by atoms with E-state index >= 15 is 0 Å². The summed E-state index contributed by atoms with van der Waals surface area (Å²) in [5.74, 6) is 1.38. The van der Waals surface area contributed by atoms with Gasteiger partial charge in [-0.1, -0.05) is 54.2 Å². The molecule has 1 amide bonds. The second-order valence-corrected chi connectivity index (χ2v) is 9.34. The fourth-order valence-corrected chi connectivity index (χ4v) is 5.58. The molecule has 1 aliphatic heterocycles. The van der Waals surface area contributed by atoms with E-state index in [0.29, 0.717) is 17.8 Å². The van der Waals surface area contributed by atoms with E-state index < -0.39 is 0 Å². The first-order valence-electron chi connectivity index (χ1n) is 10.9. The Balaban J connectivity index is 1.45. The largest absolute Gasteiger partial charge is 0.337 e. The first kappa shape index (κ1) is 20.1. The van der Waals surface area contributed by atoms with Crippen LogP contribution in [0.2, 0.25) is 0 Å². The molecule has 2 atom stereocenters. The summed E-state index contributed by atoms with van der Waals surface area (Å²) in [6.07, 6.45) is 3.37. The number of piperidine rings is 1. The number of thioether (sulfide) groups is 1. The zero-order chi connectivity index (χ0) is 21.4. The highest BCUT2D eigenvalue weighted by molar-refractivity contribution is 7.99. The highest BCUT2D eigenvalue weighted by Gasteiger charge is 2.29. The number of carbonyl (C=O) groups excluding carboxylic acids is 1. The summed E-state index contributed by atoms with van der Waals surface area (Å²) in [5, 5.41) is 9.72. The van der Waals surface area contributed by atoms with Crippen molar-refractivity contribution in [3.8, 4) is 0 Å².